The summed E-state index contributed by atoms with van der Waals surface area (Å²) in [6.45, 7) is 1.45. The van der Waals surface area contributed by atoms with Crippen LogP contribution in [0.5, 0.6) is 5.88 Å². The highest BCUT2D eigenvalue weighted by Gasteiger charge is 2.13. The first-order valence-electron chi connectivity index (χ1n) is 6.36. The maximum atomic E-state index is 12.2. The highest BCUT2D eigenvalue weighted by Crippen LogP contribution is 2.15. The summed E-state index contributed by atoms with van der Waals surface area (Å²) in [5, 5.41) is 10.1. The van der Waals surface area contributed by atoms with Gasteiger partial charge in [-0.15, -0.1) is 16.6 Å². The van der Waals surface area contributed by atoms with E-state index in [0.717, 1.165) is 0 Å². The van der Waals surface area contributed by atoms with Crippen LogP contribution in [0, 0.1) is 12.3 Å². The molecule has 0 saturated carbocycles. The van der Waals surface area contributed by atoms with Crippen LogP contribution in [-0.4, -0.2) is 29.0 Å². The Morgan fingerprint density at radius 2 is 2.05 bits per heavy atom. The van der Waals surface area contributed by atoms with Crippen molar-refractivity contribution in [2.75, 3.05) is 12.4 Å². The maximum absolute atomic E-state index is 12.2. The molecule has 0 radical (unpaired) electrons. The number of carbonyl (C=O) groups is 2. The monoisotopic (exact) mass is 295 g/mol. The number of anilines is 1. The highest BCUT2D eigenvalue weighted by atomic mass is 16.5. The molecule has 0 saturated heterocycles. The predicted molar refractivity (Wildman–Crippen MR) is 80.9 cm³/mol. The molecule has 1 aromatic heterocycles. The van der Waals surface area contributed by atoms with Gasteiger partial charge in [0.2, 0.25) is 5.88 Å². The van der Waals surface area contributed by atoms with Gasteiger partial charge in [0.1, 0.15) is 0 Å². The van der Waals surface area contributed by atoms with Gasteiger partial charge in [-0.05, 0) is 25.1 Å². The predicted octanol–water partition coefficient (Wildman–Crippen LogP) is 1.92. The molecule has 6 nitrogen and oxygen atoms in total. The van der Waals surface area contributed by atoms with E-state index in [1.54, 1.807) is 24.3 Å². The van der Waals surface area contributed by atoms with Crippen molar-refractivity contribution in [2.24, 2.45) is 0 Å². The molecule has 1 N–H and O–H groups in total. The SMILES string of the molecule is C#Cc1cc(C(=O)Nc2cccc(C(C)=O)c2)nnc1OC. The first kappa shape index (κ1) is 15.2. The number of nitrogens with one attached hydrogen (secondary N) is 1. The summed E-state index contributed by atoms with van der Waals surface area (Å²) in [5.74, 6) is 1.99. The van der Waals surface area contributed by atoms with E-state index < -0.39 is 5.91 Å². The first-order chi connectivity index (χ1) is 10.5. The average Bonchev–Trinajstić information content (AvgIpc) is 2.54. The minimum Gasteiger partial charge on any atom is -0.479 e. The number of benzene rings is 1. The fraction of sp³-hybridized carbons (Fsp3) is 0.125. The lowest BCUT2D eigenvalue weighted by Gasteiger charge is -2.07. The van der Waals surface area contributed by atoms with Gasteiger partial charge in [0, 0.05) is 11.3 Å². The van der Waals surface area contributed by atoms with Crippen LogP contribution < -0.4 is 10.1 Å². The van der Waals surface area contributed by atoms with Gasteiger partial charge >= 0.3 is 0 Å². The van der Waals surface area contributed by atoms with Crippen molar-refractivity contribution < 1.29 is 14.3 Å². The molecule has 2 rings (SSSR count). The van der Waals surface area contributed by atoms with Crippen molar-refractivity contribution in [3.8, 4) is 18.2 Å². The lowest BCUT2D eigenvalue weighted by molar-refractivity contribution is 0.100. The average molecular weight is 295 g/mol. The standard InChI is InChI=1S/C16H13N3O3/c1-4-11-9-14(18-19-16(11)22-3)15(21)17-13-7-5-6-12(8-13)10(2)20/h1,5-9H,2-3H3,(H,17,21). The number of rotatable bonds is 4. The molecule has 0 spiro atoms. The Labute approximate surface area is 127 Å². The number of methoxy groups -OCH3 is 1. The van der Waals surface area contributed by atoms with E-state index in [9.17, 15) is 9.59 Å². The zero-order chi connectivity index (χ0) is 16.1. The Bertz CT molecular complexity index is 778. The number of carbonyl (C=O) groups excluding carboxylic acids is 2. The Kier molecular flexibility index (Phi) is 4.49. The normalized spacial score (nSPS) is 9.68. The largest absolute Gasteiger partial charge is 0.479 e. The van der Waals surface area contributed by atoms with E-state index in [0.29, 0.717) is 16.8 Å². The summed E-state index contributed by atoms with van der Waals surface area (Å²) in [5.41, 5.74) is 1.38. The number of amides is 1. The molecule has 0 aliphatic carbocycles. The maximum Gasteiger partial charge on any atom is 0.276 e. The van der Waals surface area contributed by atoms with E-state index in [4.69, 9.17) is 11.2 Å². The number of ketones is 1. The third-order valence-corrected chi connectivity index (χ3v) is 2.87. The molecule has 0 aliphatic heterocycles. The van der Waals surface area contributed by atoms with Crippen LogP contribution in [-0.2, 0) is 0 Å². The van der Waals surface area contributed by atoms with E-state index in [1.807, 2.05) is 0 Å². The number of aromatic nitrogens is 2. The topological polar surface area (TPSA) is 81.2 Å². The Morgan fingerprint density at radius 1 is 1.27 bits per heavy atom. The minimum absolute atomic E-state index is 0.0574. The molecule has 0 bridgehead atoms. The summed E-state index contributed by atoms with van der Waals surface area (Å²) < 4.78 is 4.95. The van der Waals surface area contributed by atoms with Gasteiger partial charge in [-0.2, -0.15) is 0 Å². The summed E-state index contributed by atoms with van der Waals surface area (Å²) in [4.78, 5) is 23.5. The highest BCUT2D eigenvalue weighted by molar-refractivity contribution is 6.04. The lowest BCUT2D eigenvalue weighted by Crippen LogP contribution is -2.15. The molecule has 0 atom stereocenters. The van der Waals surface area contributed by atoms with Crippen LogP contribution in [0.4, 0.5) is 5.69 Å². The van der Waals surface area contributed by atoms with E-state index in [2.05, 4.69) is 21.4 Å². The number of ether oxygens (including phenoxy) is 1. The second-order valence-electron chi connectivity index (χ2n) is 4.39. The molecule has 22 heavy (non-hydrogen) atoms. The number of hydrogen-bond acceptors (Lipinski definition) is 5. The summed E-state index contributed by atoms with van der Waals surface area (Å²) >= 11 is 0. The molecule has 0 aliphatic rings. The van der Waals surface area contributed by atoms with Gasteiger partial charge < -0.3 is 10.1 Å². The third-order valence-electron chi connectivity index (χ3n) is 2.87. The number of nitrogens with zero attached hydrogens (tertiary/aromatic N) is 2. The van der Waals surface area contributed by atoms with Gasteiger partial charge in [-0.25, -0.2) is 0 Å². The van der Waals surface area contributed by atoms with Gasteiger partial charge in [0.15, 0.2) is 11.5 Å². The Balaban J connectivity index is 2.24. The van der Waals surface area contributed by atoms with E-state index >= 15 is 0 Å². The number of hydrogen-bond donors (Lipinski definition) is 1. The molecule has 1 aromatic carbocycles. The van der Waals surface area contributed by atoms with Crippen molar-refractivity contribution in [2.45, 2.75) is 6.92 Å². The van der Waals surface area contributed by atoms with Crippen molar-refractivity contribution in [3.05, 3.63) is 47.2 Å². The second-order valence-corrected chi connectivity index (χ2v) is 4.39. The third kappa shape index (κ3) is 3.27. The quantitative estimate of drug-likeness (QED) is 0.688. The number of terminal acetylenes is 1. The van der Waals surface area contributed by atoms with Gasteiger partial charge in [-0.3, -0.25) is 9.59 Å². The van der Waals surface area contributed by atoms with Crippen LogP contribution in [0.3, 0.4) is 0 Å². The van der Waals surface area contributed by atoms with Crippen LogP contribution >= 0.6 is 0 Å². The van der Waals surface area contributed by atoms with Crippen LogP contribution in [0.25, 0.3) is 0 Å². The smallest absolute Gasteiger partial charge is 0.276 e. The molecular weight excluding hydrogens is 282 g/mol. The van der Waals surface area contributed by atoms with E-state index in [-0.39, 0.29) is 17.4 Å². The van der Waals surface area contributed by atoms with Gasteiger partial charge in [0.05, 0.1) is 12.7 Å². The van der Waals surface area contributed by atoms with Crippen molar-refractivity contribution >= 4 is 17.4 Å². The Hall–Kier alpha value is -3.20. The summed E-state index contributed by atoms with van der Waals surface area (Å²) in [7, 11) is 1.41. The molecule has 1 amide bonds. The zero-order valence-electron chi connectivity index (χ0n) is 12.1. The summed E-state index contributed by atoms with van der Waals surface area (Å²) in [6, 6.07) is 8.01. The molecule has 0 unspecified atom stereocenters. The molecule has 110 valence electrons. The fourth-order valence-corrected chi connectivity index (χ4v) is 1.76. The van der Waals surface area contributed by atoms with Crippen molar-refractivity contribution in [1.29, 1.82) is 0 Å². The second kappa shape index (κ2) is 6.50. The molecule has 0 fully saturated rings. The summed E-state index contributed by atoms with van der Waals surface area (Å²) in [6.07, 6.45) is 5.33. The number of Topliss-reactive ketones (excluding diaryl/α,β-unsaturated/α-hetero) is 1. The van der Waals surface area contributed by atoms with Crippen LogP contribution in [0.2, 0.25) is 0 Å². The van der Waals surface area contributed by atoms with Gasteiger partial charge in [0.25, 0.3) is 5.91 Å². The van der Waals surface area contributed by atoms with Crippen LogP contribution in [0.1, 0.15) is 33.3 Å². The molecule has 2 aromatic rings. The van der Waals surface area contributed by atoms with Crippen molar-refractivity contribution in [3.63, 3.8) is 0 Å². The van der Waals surface area contributed by atoms with Crippen molar-refractivity contribution in [1.82, 2.24) is 10.2 Å². The Morgan fingerprint density at radius 3 is 2.68 bits per heavy atom. The molecule has 1 heterocycles. The molecule has 6 heteroatoms. The minimum atomic E-state index is -0.479. The fourth-order valence-electron chi connectivity index (χ4n) is 1.76. The lowest BCUT2D eigenvalue weighted by atomic mass is 10.1. The van der Waals surface area contributed by atoms with E-state index in [1.165, 1.54) is 20.1 Å². The van der Waals surface area contributed by atoms with Gasteiger partial charge in [-0.1, -0.05) is 18.1 Å². The molecular formula is C16H13N3O3. The zero-order valence-corrected chi connectivity index (χ0v) is 12.1. The first-order valence-corrected chi connectivity index (χ1v) is 6.36. The van der Waals surface area contributed by atoms with Crippen LogP contribution in [0.15, 0.2) is 30.3 Å².